The Bertz CT molecular complexity index is 415. The van der Waals surface area contributed by atoms with Crippen molar-refractivity contribution in [1.29, 1.82) is 0 Å². The molecule has 0 saturated carbocycles. The summed E-state index contributed by atoms with van der Waals surface area (Å²) in [6.07, 6.45) is 0. The van der Waals surface area contributed by atoms with E-state index in [0.717, 1.165) is 18.8 Å². The highest BCUT2D eigenvalue weighted by Crippen LogP contribution is 2.17. The summed E-state index contributed by atoms with van der Waals surface area (Å²) in [5.41, 5.74) is 0.698. The maximum Gasteiger partial charge on any atom is 0.257 e. The fourth-order valence-electron chi connectivity index (χ4n) is 2.51. The van der Waals surface area contributed by atoms with Crippen molar-refractivity contribution < 1.29 is 9.21 Å². The van der Waals surface area contributed by atoms with E-state index >= 15 is 0 Å². The number of carbonyl (C=O) groups is 1. The molecule has 2 heterocycles. The molecule has 1 aliphatic heterocycles. The molecule has 0 aliphatic carbocycles. The summed E-state index contributed by atoms with van der Waals surface area (Å²) in [5.74, 6) is 1.59. The first kappa shape index (κ1) is 12.2. The quantitative estimate of drug-likeness (QED) is 0.807. The van der Waals surface area contributed by atoms with Crippen LogP contribution in [0.1, 0.15) is 35.7 Å². The number of hydrogen-bond acceptors (Lipinski definition) is 3. The van der Waals surface area contributed by atoms with Gasteiger partial charge >= 0.3 is 0 Å². The molecular formula is C13H20N2O2. The third-order valence-electron chi connectivity index (χ3n) is 3.12. The second kappa shape index (κ2) is 4.53. The third kappa shape index (κ3) is 2.52. The van der Waals surface area contributed by atoms with Gasteiger partial charge in [0.15, 0.2) is 0 Å². The van der Waals surface area contributed by atoms with Crippen molar-refractivity contribution >= 4 is 5.91 Å². The van der Waals surface area contributed by atoms with E-state index in [0.29, 0.717) is 23.4 Å². The van der Waals surface area contributed by atoms with Gasteiger partial charge in [0.2, 0.25) is 0 Å². The van der Waals surface area contributed by atoms with E-state index in [2.05, 4.69) is 19.2 Å². The number of amides is 1. The van der Waals surface area contributed by atoms with Crippen LogP contribution >= 0.6 is 0 Å². The van der Waals surface area contributed by atoms with E-state index in [1.165, 1.54) is 0 Å². The van der Waals surface area contributed by atoms with E-state index in [-0.39, 0.29) is 5.91 Å². The van der Waals surface area contributed by atoms with E-state index in [4.69, 9.17) is 4.42 Å². The molecule has 2 rings (SSSR count). The van der Waals surface area contributed by atoms with Crippen LogP contribution in [0.25, 0.3) is 0 Å². The largest absolute Gasteiger partial charge is 0.466 e. The van der Waals surface area contributed by atoms with Crippen LogP contribution in [0.4, 0.5) is 0 Å². The zero-order valence-corrected chi connectivity index (χ0v) is 10.9. The predicted molar refractivity (Wildman–Crippen MR) is 66.1 cm³/mol. The van der Waals surface area contributed by atoms with Crippen molar-refractivity contribution in [1.82, 2.24) is 10.2 Å². The average molecular weight is 236 g/mol. The minimum atomic E-state index is 0.0829. The fourth-order valence-corrected chi connectivity index (χ4v) is 2.51. The number of nitrogens with zero attached hydrogens (tertiary/aromatic N) is 1. The Morgan fingerprint density at radius 1 is 1.35 bits per heavy atom. The van der Waals surface area contributed by atoms with E-state index in [1.807, 2.05) is 24.8 Å². The smallest absolute Gasteiger partial charge is 0.257 e. The molecule has 1 aliphatic rings. The molecule has 0 radical (unpaired) electrons. The summed E-state index contributed by atoms with van der Waals surface area (Å²) >= 11 is 0. The molecule has 94 valence electrons. The lowest BCUT2D eigenvalue weighted by molar-refractivity contribution is 0.0672. The van der Waals surface area contributed by atoms with E-state index in [1.54, 1.807) is 0 Å². The summed E-state index contributed by atoms with van der Waals surface area (Å²) < 4.78 is 5.42. The molecule has 1 saturated heterocycles. The Balaban J connectivity index is 2.17. The van der Waals surface area contributed by atoms with Crippen LogP contribution in [0.2, 0.25) is 0 Å². The normalized spacial score (nSPS) is 25.1. The topological polar surface area (TPSA) is 45.5 Å². The Morgan fingerprint density at radius 2 is 1.94 bits per heavy atom. The molecule has 1 aromatic heterocycles. The van der Waals surface area contributed by atoms with E-state index in [9.17, 15) is 4.79 Å². The Kier molecular flexibility index (Phi) is 3.24. The molecule has 2 unspecified atom stereocenters. The van der Waals surface area contributed by atoms with Gasteiger partial charge in [-0.15, -0.1) is 0 Å². The molecule has 1 fully saturated rings. The molecule has 0 aromatic carbocycles. The molecule has 17 heavy (non-hydrogen) atoms. The van der Waals surface area contributed by atoms with Crippen molar-refractivity contribution in [2.24, 2.45) is 0 Å². The fraction of sp³-hybridized carbons (Fsp3) is 0.615. The highest BCUT2D eigenvalue weighted by atomic mass is 16.3. The molecule has 1 N–H and O–H groups in total. The maximum atomic E-state index is 12.4. The third-order valence-corrected chi connectivity index (χ3v) is 3.12. The first-order valence-electron chi connectivity index (χ1n) is 6.09. The molecule has 4 nitrogen and oxygen atoms in total. The van der Waals surface area contributed by atoms with Crippen LogP contribution in [0, 0.1) is 13.8 Å². The van der Waals surface area contributed by atoms with Crippen molar-refractivity contribution in [3.8, 4) is 0 Å². The highest BCUT2D eigenvalue weighted by Gasteiger charge is 2.27. The van der Waals surface area contributed by atoms with Crippen LogP contribution < -0.4 is 5.32 Å². The van der Waals surface area contributed by atoms with Crippen LogP contribution in [-0.2, 0) is 0 Å². The molecule has 1 aromatic rings. The monoisotopic (exact) mass is 236 g/mol. The van der Waals surface area contributed by atoms with Crippen LogP contribution in [-0.4, -0.2) is 36.0 Å². The Hall–Kier alpha value is -1.29. The number of nitrogens with one attached hydrogen (secondary N) is 1. The van der Waals surface area contributed by atoms with Gasteiger partial charge in [0, 0.05) is 25.2 Å². The number of hydrogen-bond donors (Lipinski definition) is 1. The number of rotatable bonds is 1. The maximum absolute atomic E-state index is 12.4. The van der Waals surface area contributed by atoms with Crippen molar-refractivity contribution in [3.05, 3.63) is 23.2 Å². The minimum Gasteiger partial charge on any atom is -0.466 e. The van der Waals surface area contributed by atoms with Gasteiger partial charge in [-0.2, -0.15) is 0 Å². The summed E-state index contributed by atoms with van der Waals surface area (Å²) in [7, 11) is 0. The Morgan fingerprint density at radius 3 is 2.41 bits per heavy atom. The van der Waals surface area contributed by atoms with Crippen molar-refractivity contribution in [3.63, 3.8) is 0 Å². The van der Waals surface area contributed by atoms with Gasteiger partial charge in [0.1, 0.15) is 11.5 Å². The Labute approximate surface area is 102 Å². The lowest BCUT2D eigenvalue weighted by atomic mass is 10.1. The van der Waals surface area contributed by atoms with Gasteiger partial charge in [0.25, 0.3) is 5.91 Å². The second-order valence-electron chi connectivity index (χ2n) is 5.01. The summed E-state index contributed by atoms with van der Waals surface area (Å²) in [6.45, 7) is 9.43. The SMILES string of the molecule is Cc1cc(C(=O)N2CC(C)NC(C)C2)c(C)o1. The highest BCUT2D eigenvalue weighted by molar-refractivity contribution is 5.95. The van der Waals surface area contributed by atoms with Gasteiger partial charge < -0.3 is 14.6 Å². The standard InChI is InChI=1S/C13H20N2O2/c1-8-6-15(7-9(2)14-8)13(16)12-5-10(3)17-11(12)4/h5,8-9,14H,6-7H2,1-4H3. The van der Waals surface area contributed by atoms with Crippen molar-refractivity contribution in [2.45, 2.75) is 39.8 Å². The lowest BCUT2D eigenvalue weighted by Gasteiger charge is -2.36. The van der Waals surface area contributed by atoms with E-state index < -0.39 is 0 Å². The minimum absolute atomic E-state index is 0.0829. The van der Waals surface area contributed by atoms with Gasteiger partial charge in [-0.05, 0) is 33.8 Å². The summed E-state index contributed by atoms with van der Waals surface area (Å²) in [6, 6.07) is 2.52. The van der Waals surface area contributed by atoms with Crippen molar-refractivity contribution in [2.75, 3.05) is 13.1 Å². The first-order chi connectivity index (χ1) is 7.97. The van der Waals surface area contributed by atoms with Crippen LogP contribution in [0.15, 0.2) is 10.5 Å². The lowest BCUT2D eigenvalue weighted by Crippen LogP contribution is -2.55. The molecule has 4 heteroatoms. The second-order valence-corrected chi connectivity index (χ2v) is 5.01. The average Bonchev–Trinajstić information content (AvgIpc) is 2.55. The summed E-state index contributed by atoms with van der Waals surface area (Å²) in [4.78, 5) is 14.3. The molecule has 0 spiro atoms. The molecule has 0 bridgehead atoms. The molecule has 2 atom stereocenters. The van der Waals surface area contributed by atoms with Crippen LogP contribution in [0.5, 0.6) is 0 Å². The molecular weight excluding hydrogens is 216 g/mol. The van der Waals surface area contributed by atoms with Gasteiger partial charge in [-0.3, -0.25) is 4.79 Å². The number of furan rings is 1. The zero-order valence-electron chi connectivity index (χ0n) is 10.9. The van der Waals surface area contributed by atoms with Gasteiger partial charge in [-0.1, -0.05) is 0 Å². The number of piperazine rings is 1. The summed E-state index contributed by atoms with van der Waals surface area (Å²) in [5, 5.41) is 3.42. The van der Waals surface area contributed by atoms with Gasteiger partial charge in [-0.25, -0.2) is 0 Å². The molecule has 1 amide bonds. The zero-order chi connectivity index (χ0) is 12.6. The number of carbonyl (C=O) groups excluding carboxylic acids is 1. The number of aryl methyl sites for hydroxylation is 2. The van der Waals surface area contributed by atoms with Gasteiger partial charge in [0.05, 0.1) is 5.56 Å². The first-order valence-corrected chi connectivity index (χ1v) is 6.09. The predicted octanol–water partition coefficient (Wildman–Crippen LogP) is 1.72. The van der Waals surface area contributed by atoms with Crippen LogP contribution in [0.3, 0.4) is 0 Å².